The molecule has 0 amide bonds. The van der Waals surface area contributed by atoms with Gasteiger partial charge in [-0.25, -0.2) is 0 Å². The van der Waals surface area contributed by atoms with Gasteiger partial charge in [-0.05, 0) is 221 Å². The Morgan fingerprint density at radius 1 is 0.320 bits per heavy atom. The Balaban J connectivity index is 0.000000119. The van der Waals surface area contributed by atoms with E-state index in [2.05, 4.69) is 177 Å². The molecule has 10 heteroatoms. The second-order valence-corrected chi connectivity index (χ2v) is 35.3. The molecule has 626 valence electrons. The first-order chi connectivity index (χ1) is 64.6. The van der Waals surface area contributed by atoms with Crippen LogP contribution in [0.15, 0.2) is 361 Å². The summed E-state index contributed by atoms with van der Waals surface area (Å²) < 4.78 is 117. The lowest BCUT2D eigenvalue weighted by atomic mass is 9.67. The Morgan fingerprint density at radius 3 is 1.16 bits per heavy atom. The molecule has 122 heavy (non-hydrogen) atoms. The van der Waals surface area contributed by atoms with E-state index in [-0.39, 0.29) is 10.8 Å². The Kier molecular flexibility index (Phi) is 18.7. The molecule has 0 aromatic heterocycles. The van der Waals surface area contributed by atoms with Crippen molar-refractivity contribution >= 4 is 28.4 Å². The van der Waals surface area contributed by atoms with Crippen molar-refractivity contribution in [2.45, 2.75) is 223 Å². The highest BCUT2D eigenvalue weighted by molar-refractivity contribution is 5.70. The molecule has 0 saturated heterocycles. The second-order valence-electron chi connectivity index (χ2n) is 35.3. The Hall–Kier alpha value is -11.6. The zero-order valence-corrected chi connectivity index (χ0v) is 73.2. The minimum absolute atomic E-state index is 0.133. The van der Waals surface area contributed by atoms with E-state index < -0.39 is 69.3 Å². The molecule has 8 atom stereocenters. The highest BCUT2D eigenvalue weighted by atomic mass is 15.5. The second kappa shape index (κ2) is 34.0. The van der Waals surface area contributed by atoms with E-state index in [9.17, 15) is 1.37 Å². The maximum Gasteiger partial charge on any atom is 0.113 e. The molecule has 0 N–H and O–H groups in total. The van der Waals surface area contributed by atoms with Crippen molar-refractivity contribution < 1.29 is 19.2 Å². The summed E-state index contributed by atoms with van der Waals surface area (Å²) in [7, 11) is 0. The van der Waals surface area contributed by atoms with Gasteiger partial charge in [0.05, 0.1) is 27.9 Å². The standard InChI is InChI=1S/C27H26N2.C26H30N2.C22H30N2.C21H22N2.C16H20N2/c1-20-12-10-11-17-25(20)29-21(2)26-27(18-19-28(26)22(29)3,23-13-6-4-7-14-23)24-15-8-5-9-16-24;1-19-11-7-10-16-24(19)28-20(2)25-26(23-14-8-9-15-23,17-18-27(25)21(28)3)22-12-5-4-6-13-22;1-16-10-8-9-13-19(16)24-17(2)20-22(3,4)14-15-23(20)21(24)18-11-6-5-7-12-18;1-15-9-7-8-12-20(15)23-16(2)21-19(13-14-22(21)17(23)3)18-10-5-4-6-11-18;1-11-7-5-6-8-15(11)18-13(3)16-12(2)9-10-17(16)14(18)4/h4-19,22H,1-3H3;4-7,10-13,16-18,21,23H,8-9,14-15H2,1-3H3;8-10,13-15,18,21H,5-7,11-12H2,1-4H3;4-14,17,19H,1-3H3;5-10,12,14H,1-4H3/i2*3D3;;3D3,19D;4D3,12D. The SMILES string of the molecule is CC1=C2N(C=CC2(C)C)C(C2CCCCC2)N1c1ccccc1C.[2H]C([2H])([2H])C1N2C=CC(c3ccccc3)(C3CCCC3)C2=C(C)N1c1ccccc1C.[2H]C([2H])([2H])C1N2C=CC(c3ccccc3)(c3ccccc3)C2=C(C)N1c1ccccc1C.[2H]C1(C)C=CN2C1=C(C)N(c1ccccc1C)C2C([2H])([2H])[2H].[2H]C1(c2ccccc2)C=CN2C1=C(C)N(c1ccccc1C)C2C([2H])([2H])[2H]. The van der Waals surface area contributed by atoms with E-state index in [1.807, 2.05) is 225 Å². The van der Waals surface area contributed by atoms with Crippen LogP contribution < -0.4 is 24.5 Å². The number of hydrogen-bond donors (Lipinski definition) is 0. The maximum absolute atomic E-state index is 9.18. The number of para-hydroxylation sites is 5. The van der Waals surface area contributed by atoms with Crippen molar-refractivity contribution in [2.24, 2.45) is 23.1 Å². The lowest BCUT2D eigenvalue weighted by molar-refractivity contribution is 0.206. The molecule has 10 nitrogen and oxygen atoms in total. The number of rotatable bonds is 11. The van der Waals surface area contributed by atoms with Gasteiger partial charge < -0.3 is 49.0 Å². The minimum Gasteiger partial charge on any atom is -0.329 e. The van der Waals surface area contributed by atoms with Crippen LogP contribution in [-0.4, -0.2) is 55.3 Å². The number of benzene rings is 9. The van der Waals surface area contributed by atoms with E-state index in [0.717, 1.165) is 107 Å². The maximum atomic E-state index is 9.18. The Morgan fingerprint density at radius 2 is 0.680 bits per heavy atom. The lowest BCUT2D eigenvalue weighted by Crippen LogP contribution is -2.44. The number of aryl methyl sites for hydroxylation is 5. The zero-order chi connectivity index (χ0) is 96.9. The molecule has 12 aliphatic rings. The first-order valence-electron chi connectivity index (χ1n) is 51.0. The third-order valence-electron chi connectivity index (χ3n) is 27.7. The zero-order valence-electron chi connectivity index (χ0n) is 87.2. The van der Waals surface area contributed by atoms with E-state index in [1.54, 1.807) is 41.3 Å². The molecule has 10 heterocycles. The molecular formula is C112H128N10. The first kappa shape index (κ1) is 67.0. The fourth-order valence-corrected chi connectivity index (χ4v) is 21.9. The quantitative estimate of drug-likeness (QED) is 0.125. The van der Waals surface area contributed by atoms with Gasteiger partial charge in [-0.15, -0.1) is 0 Å². The summed E-state index contributed by atoms with van der Waals surface area (Å²) in [5, 5.41) is 0. The fourth-order valence-electron chi connectivity index (χ4n) is 21.9. The van der Waals surface area contributed by atoms with Gasteiger partial charge in [0.15, 0.2) is 0 Å². The molecule has 0 bridgehead atoms. The summed E-state index contributed by atoms with van der Waals surface area (Å²) in [6, 6.07) is 81.5. The van der Waals surface area contributed by atoms with Gasteiger partial charge in [-0.2, -0.15) is 0 Å². The normalized spacial score (nSPS) is 27.6. The summed E-state index contributed by atoms with van der Waals surface area (Å²) in [4.78, 5) is 20.5. The van der Waals surface area contributed by atoms with Gasteiger partial charge in [0.1, 0.15) is 30.8 Å². The topological polar surface area (TPSA) is 32.4 Å². The van der Waals surface area contributed by atoms with Crippen LogP contribution in [0.1, 0.15) is 216 Å². The molecule has 8 unspecified atom stereocenters. The van der Waals surface area contributed by atoms with Crippen LogP contribution in [0, 0.1) is 57.8 Å². The van der Waals surface area contributed by atoms with Crippen LogP contribution in [0.4, 0.5) is 28.4 Å². The third-order valence-corrected chi connectivity index (χ3v) is 27.7. The first-order valence-corrected chi connectivity index (χ1v) is 44.0. The highest BCUT2D eigenvalue weighted by Gasteiger charge is 2.55. The largest absolute Gasteiger partial charge is 0.329 e. The average Bonchev–Trinajstić information content (AvgIpc) is 1.39. The van der Waals surface area contributed by atoms with Crippen LogP contribution in [-0.2, 0) is 10.8 Å². The smallest absolute Gasteiger partial charge is 0.113 e. The molecule has 2 fully saturated rings. The highest BCUT2D eigenvalue weighted by Crippen LogP contribution is 2.59. The molecule has 0 radical (unpaired) electrons. The van der Waals surface area contributed by atoms with E-state index in [4.69, 9.17) is 17.8 Å². The number of fused-ring (bicyclic) bond motifs is 5. The summed E-state index contributed by atoms with van der Waals surface area (Å²) >= 11 is 0. The van der Waals surface area contributed by atoms with Crippen molar-refractivity contribution in [1.82, 2.24) is 24.5 Å². The molecule has 9 aromatic carbocycles. The van der Waals surface area contributed by atoms with Crippen LogP contribution in [0.2, 0.25) is 0 Å². The fraction of sp³-hybridized carbons (Fsp3) is 0.339. The summed E-state index contributed by atoms with van der Waals surface area (Å²) in [6.45, 7) is 18.3. The third kappa shape index (κ3) is 14.2. The van der Waals surface area contributed by atoms with Crippen LogP contribution in [0.3, 0.4) is 0 Å². The Bertz CT molecular complexity index is 6230. The molecular weight excluding hydrogens is 1490 g/mol. The molecule has 2 aliphatic carbocycles. The van der Waals surface area contributed by atoms with Gasteiger partial charge in [0, 0.05) is 136 Å². The molecule has 10 aliphatic heterocycles. The summed E-state index contributed by atoms with van der Waals surface area (Å²) in [6.07, 6.45) is 29.2. The van der Waals surface area contributed by atoms with Gasteiger partial charge in [-0.1, -0.05) is 290 Å². The number of allylic oxidation sites excluding steroid dienone is 10. The monoisotopic (exact) mass is 1630 g/mol. The van der Waals surface area contributed by atoms with Crippen LogP contribution >= 0.6 is 0 Å². The van der Waals surface area contributed by atoms with E-state index in [0.29, 0.717) is 17.8 Å². The predicted octanol–water partition coefficient (Wildman–Crippen LogP) is 27.2. The van der Waals surface area contributed by atoms with Crippen LogP contribution in [0.5, 0.6) is 0 Å². The molecule has 21 rings (SSSR count). The van der Waals surface area contributed by atoms with Crippen molar-refractivity contribution in [3.05, 3.63) is 411 Å². The number of anilines is 5. The lowest BCUT2D eigenvalue weighted by Gasteiger charge is -2.40. The van der Waals surface area contributed by atoms with E-state index in [1.165, 1.54) is 86.0 Å². The molecule has 0 spiro atoms. The van der Waals surface area contributed by atoms with Crippen molar-refractivity contribution in [3.63, 3.8) is 0 Å². The number of nitrogens with zero attached hydrogens (tertiary/aromatic N) is 10. The van der Waals surface area contributed by atoms with Crippen molar-refractivity contribution in [3.8, 4) is 0 Å². The van der Waals surface area contributed by atoms with Crippen molar-refractivity contribution in [1.29, 1.82) is 0 Å². The number of hydrogen-bond acceptors (Lipinski definition) is 10. The van der Waals surface area contributed by atoms with Gasteiger partial charge in [0.2, 0.25) is 0 Å². The summed E-state index contributed by atoms with van der Waals surface area (Å²) in [5.74, 6) is -0.767. The van der Waals surface area contributed by atoms with E-state index >= 15 is 0 Å². The summed E-state index contributed by atoms with van der Waals surface area (Å²) in [5.41, 5.74) is 24.4. The Labute approximate surface area is 749 Å². The minimum atomic E-state index is -2.24. The van der Waals surface area contributed by atoms with Gasteiger partial charge in [-0.3, -0.25) is 0 Å². The molecule has 9 aromatic rings. The predicted molar refractivity (Wildman–Crippen MR) is 511 cm³/mol. The van der Waals surface area contributed by atoms with Gasteiger partial charge >= 0.3 is 0 Å². The average molecular weight is 1630 g/mol. The van der Waals surface area contributed by atoms with Gasteiger partial charge in [0.25, 0.3) is 0 Å². The van der Waals surface area contributed by atoms with Crippen LogP contribution in [0.25, 0.3) is 0 Å². The molecule has 2 saturated carbocycles. The van der Waals surface area contributed by atoms with Crippen molar-refractivity contribution in [2.75, 3.05) is 24.5 Å².